The van der Waals surface area contributed by atoms with Crippen molar-refractivity contribution >= 4 is 39.5 Å². The summed E-state index contributed by atoms with van der Waals surface area (Å²) in [6, 6.07) is 20.0. The lowest BCUT2D eigenvalue weighted by atomic mass is 10.1. The van der Waals surface area contributed by atoms with E-state index in [1.807, 2.05) is 36.4 Å². The van der Waals surface area contributed by atoms with E-state index in [0.29, 0.717) is 28.4 Å². The summed E-state index contributed by atoms with van der Waals surface area (Å²) in [6.07, 6.45) is 1.61. The van der Waals surface area contributed by atoms with Crippen LogP contribution in [0.15, 0.2) is 86.3 Å². The zero-order valence-electron chi connectivity index (χ0n) is 14.9. The summed E-state index contributed by atoms with van der Waals surface area (Å²) in [4.78, 5) is 25.3. The van der Waals surface area contributed by atoms with Gasteiger partial charge in [-0.1, -0.05) is 46.3 Å². The van der Waals surface area contributed by atoms with Crippen molar-refractivity contribution in [2.24, 2.45) is 5.10 Å². The number of halogens is 1. The van der Waals surface area contributed by atoms with Crippen LogP contribution in [0.5, 0.6) is 0 Å². The van der Waals surface area contributed by atoms with Gasteiger partial charge in [-0.25, -0.2) is 0 Å². The minimum absolute atomic E-state index is 0.334. The highest BCUT2D eigenvalue weighted by atomic mass is 79.9. The molecule has 1 aliphatic heterocycles. The lowest BCUT2D eigenvalue weighted by Gasteiger charge is -2.09. The summed E-state index contributed by atoms with van der Waals surface area (Å²) in [7, 11) is 0. The molecule has 4 rings (SSSR count). The molecule has 0 N–H and O–H groups in total. The van der Waals surface area contributed by atoms with Crippen LogP contribution in [0.25, 0.3) is 17.4 Å². The van der Waals surface area contributed by atoms with Crippen LogP contribution < -0.4 is 0 Å². The molecule has 138 valence electrons. The minimum Gasteiger partial charge on any atom is -0.457 e. The molecular formula is C22H15BrN2O3. The van der Waals surface area contributed by atoms with E-state index in [9.17, 15) is 9.59 Å². The second-order valence-electron chi connectivity index (χ2n) is 6.24. The lowest BCUT2D eigenvalue weighted by molar-refractivity contribution is -0.123. The Morgan fingerprint density at radius 3 is 2.46 bits per heavy atom. The summed E-state index contributed by atoms with van der Waals surface area (Å²) >= 11 is 3.41. The first-order valence-electron chi connectivity index (χ1n) is 8.60. The van der Waals surface area contributed by atoms with Crippen LogP contribution in [0.2, 0.25) is 0 Å². The SMILES string of the molecule is CC1=NN(C(=O)c2ccccc2)C(=O)C1=Cc1ccc(-c2ccc(Br)cc2)o1. The van der Waals surface area contributed by atoms with Crippen LogP contribution >= 0.6 is 15.9 Å². The number of hydrazone groups is 1. The van der Waals surface area contributed by atoms with E-state index in [-0.39, 0.29) is 0 Å². The van der Waals surface area contributed by atoms with E-state index in [2.05, 4.69) is 21.0 Å². The van der Waals surface area contributed by atoms with Crippen LogP contribution in [0.1, 0.15) is 23.0 Å². The fraction of sp³-hybridized carbons (Fsp3) is 0.0455. The van der Waals surface area contributed by atoms with Crippen LogP contribution in [-0.4, -0.2) is 22.5 Å². The van der Waals surface area contributed by atoms with E-state index >= 15 is 0 Å². The first-order chi connectivity index (χ1) is 13.5. The van der Waals surface area contributed by atoms with Gasteiger partial charge in [0.25, 0.3) is 11.8 Å². The number of furan rings is 1. The van der Waals surface area contributed by atoms with Gasteiger partial charge in [0.15, 0.2) is 0 Å². The highest BCUT2D eigenvalue weighted by Gasteiger charge is 2.33. The van der Waals surface area contributed by atoms with Crippen LogP contribution in [0.3, 0.4) is 0 Å². The second kappa shape index (κ2) is 7.40. The maximum Gasteiger partial charge on any atom is 0.283 e. The van der Waals surface area contributed by atoms with Crippen molar-refractivity contribution in [3.05, 3.63) is 88.1 Å². The molecule has 0 bridgehead atoms. The summed E-state index contributed by atoms with van der Waals surface area (Å²) in [5.41, 5.74) is 2.14. The predicted molar refractivity (Wildman–Crippen MR) is 111 cm³/mol. The number of benzene rings is 2. The fourth-order valence-corrected chi connectivity index (χ4v) is 3.13. The van der Waals surface area contributed by atoms with Gasteiger partial charge >= 0.3 is 0 Å². The van der Waals surface area contributed by atoms with Crippen molar-refractivity contribution in [3.63, 3.8) is 0 Å². The van der Waals surface area contributed by atoms with E-state index in [4.69, 9.17) is 4.42 Å². The lowest BCUT2D eigenvalue weighted by Crippen LogP contribution is -2.29. The molecule has 0 aliphatic carbocycles. The smallest absolute Gasteiger partial charge is 0.283 e. The first kappa shape index (κ1) is 18.1. The van der Waals surface area contributed by atoms with Crippen LogP contribution in [0.4, 0.5) is 0 Å². The molecule has 2 amide bonds. The summed E-state index contributed by atoms with van der Waals surface area (Å²) in [5.74, 6) is 0.290. The first-order valence-corrected chi connectivity index (χ1v) is 9.39. The molecule has 0 unspecified atom stereocenters. The van der Waals surface area contributed by atoms with Gasteiger partial charge in [-0.15, -0.1) is 0 Å². The van der Waals surface area contributed by atoms with Crippen molar-refractivity contribution in [1.29, 1.82) is 0 Å². The van der Waals surface area contributed by atoms with Crippen LogP contribution in [-0.2, 0) is 4.79 Å². The van der Waals surface area contributed by atoms with Crippen molar-refractivity contribution in [3.8, 4) is 11.3 Å². The predicted octanol–water partition coefficient (Wildman–Crippen LogP) is 5.15. The Hall–Kier alpha value is -3.25. The van der Waals surface area contributed by atoms with E-state index < -0.39 is 11.8 Å². The Kier molecular flexibility index (Phi) is 4.79. The third-order valence-electron chi connectivity index (χ3n) is 4.32. The van der Waals surface area contributed by atoms with Gasteiger partial charge in [0.1, 0.15) is 11.5 Å². The topological polar surface area (TPSA) is 62.9 Å². The molecule has 1 aromatic heterocycles. The quantitative estimate of drug-likeness (QED) is 0.422. The van der Waals surface area contributed by atoms with Crippen molar-refractivity contribution in [2.45, 2.75) is 6.92 Å². The second-order valence-corrected chi connectivity index (χ2v) is 7.16. The molecular weight excluding hydrogens is 420 g/mol. The van der Waals surface area contributed by atoms with E-state index in [0.717, 1.165) is 15.0 Å². The van der Waals surface area contributed by atoms with Crippen LogP contribution in [0, 0.1) is 0 Å². The molecule has 3 aromatic rings. The molecule has 2 aromatic carbocycles. The number of amides is 2. The Bertz CT molecular complexity index is 1110. The van der Waals surface area contributed by atoms with Gasteiger partial charge in [0.2, 0.25) is 0 Å². The number of hydrogen-bond acceptors (Lipinski definition) is 4. The van der Waals surface area contributed by atoms with Crippen molar-refractivity contribution in [2.75, 3.05) is 0 Å². The standard InChI is InChI=1S/C22H15BrN2O3/c1-14-19(22(27)25(24-14)21(26)16-5-3-2-4-6-16)13-18-11-12-20(28-18)15-7-9-17(23)10-8-15/h2-13H,1H3. The summed E-state index contributed by atoms with van der Waals surface area (Å²) in [5, 5.41) is 5.03. The molecule has 0 saturated carbocycles. The monoisotopic (exact) mass is 434 g/mol. The normalized spacial score (nSPS) is 15.2. The maximum atomic E-state index is 12.7. The molecule has 6 heteroatoms. The number of hydrogen-bond donors (Lipinski definition) is 0. The highest BCUT2D eigenvalue weighted by Crippen LogP contribution is 2.26. The molecule has 5 nitrogen and oxygen atoms in total. The maximum absolute atomic E-state index is 12.7. The summed E-state index contributed by atoms with van der Waals surface area (Å²) in [6.45, 7) is 1.70. The molecule has 0 radical (unpaired) electrons. The third kappa shape index (κ3) is 3.46. The minimum atomic E-state index is -0.465. The van der Waals surface area contributed by atoms with Gasteiger partial charge in [-0.2, -0.15) is 10.1 Å². The number of imide groups is 1. The molecule has 2 heterocycles. The summed E-state index contributed by atoms with van der Waals surface area (Å²) < 4.78 is 6.83. The fourth-order valence-electron chi connectivity index (χ4n) is 2.87. The Morgan fingerprint density at radius 1 is 1.04 bits per heavy atom. The zero-order valence-corrected chi connectivity index (χ0v) is 16.5. The molecule has 1 aliphatic rings. The largest absolute Gasteiger partial charge is 0.457 e. The van der Waals surface area contributed by atoms with Gasteiger partial charge in [-0.3, -0.25) is 9.59 Å². The highest BCUT2D eigenvalue weighted by molar-refractivity contribution is 9.10. The number of nitrogens with zero attached hydrogens (tertiary/aromatic N) is 2. The molecule has 0 fully saturated rings. The van der Waals surface area contributed by atoms with E-state index in [1.165, 1.54) is 0 Å². The van der Waals surface area contributed by atoms with Gasteiger partial charge in [0.05, 0.1) is 11.3 Å². The molecule has 28 heavy (non-hydrogen) atoms. The average Bonchev–Trinajstić information content (AvgIpc) is 3.29. The molecule has 0 spiro atoms. The average molecular weight is 435 g/mol. The van der Waals surface area contributed by atoms with Crippen molar-refractivity contribution < 1.29 is 14.0 Å². The zero-order chi connectivity index (χ0) is 19.7. The Balaban J connectivity index is 1.59. The number of carbonyl (C=O) groups is 2. The van der Waals surface area contributed by atoms with Gasteiger partial charge in [-0.05, 0) is 49.4 Å². The van der Waals surface area contributed by atoms with Gasteiger partial charge in [0, 0.05) is 15.6 Å². The number of rotatable bonds is 3. The van der Waals surface area contributed by atoms with Gasteiger partial charge < -0.3 is 4.42 Å². The Morgan fingerprint density at radius 2 is 1.75 bits per heavy atom. The molecule has 0 atom stereocenters. The van der Waals surface area contributed by atoms with E-state index in [1.54, 1.807) is 43.3 Å². The molecule has 0 saturated heterocycles. The number of carbonyl (C=O) groups excluding carboxylic acids is 2. The third-order valence-corrected chi connectivity index (χ3v) is 4.85. The van der Waals surface area contributed by atoms with Crippen molar-refractivity contribution in [1.82, 2.24) is 5.01 Å². The Labute approximate surface area is 170 Å².